The van der Waals surface area contributed by atoms with Gasteiger partial charge in [-0.05, 0) is 25.1 Å². The molecular weight excluding hydrogens is 406 g/mol. The summed E-state index contributed by atoms with van der Waals surface area (Å²) in [7, 11) is 0. The van der Waals surface area contributed by atoms with Crippen molar-refractivity contribution >= 4 is 28.9 Å². The van der Waals surface area contributed by atoms with Crippen molar-refractivity contribution in [3.63, 3.8) is 0 Å². The molecule has 1 aliphatic heterocycles. The summed E-state index contributed by atoms with van der Waals surface area (Å²) in [6.07, 6.45) is 0. The molecule has 0 atom stereocenters. The first-order valence-electron chi connectivity index (χ1n) is 9.55. The number of carbonyl (C=O) groups is 1. The number of carbonyl (C=O) groups excluding carboxylic acids is 1. The molecule has 0 spiro atoms. The number of nitro groups is 1. The van der Waals surface area contributed by atoms with E-state index in [0.29, 0.717) is 43.1 Å². The summed E-state index contributed by atoms with van der Waals surface area (Å²) < 4.78 is 1.56. The number of nitrogens with zero attached hydrogens (tertiary/aromatic N) is 5. The van der Waals surface area contributed by atoms with Gasteiger partial charge in [-0.1, -0.05) is 41.9 Å². The molecule has 1 amide bonds. The fourth-order valence-corrected chi connectivity index (χ4v) is 4.03. The number of aromatic nitrogens is 2. The Morgan fingerprint density at radius 1 is 1.03 bits per heavy atom. The van der Waals surface area contributed by atoms with Gasteiger partial charge in [0.2, 0.25) is 0 Å². The smallest absolute Gasteiger partial charge is 0.292 e. The maximum atomic E-state index is 13.2. The molecule has 30 heavy (non-hydrogen) atoms. The Hall–Kier alpha value is -3.39. The van der Waals surface area contributed by atoms with Gasteiger partial charge in [0.25, 0.3) is 11.6 Å². The molecule has 0 bridgehead atoms. The largest absolute Gasteiger partial charge is 0.362 e. The van der Waals surface area contributed by atoms with Crippen molar-refractivity contribution in [1.29, 1.82) is 0 Å². The number of nitro benzene ring substituents is 1. The van der Waals surface area contributed by atoms with Crippen LogP contribution in [0.15, 0.2) is 54.6 Å². The van der Waals surface area contributed by atoms with Crippen molar-refractivity contribution < 1.29 is 9.72 Å². The molecule has 0 radical (unpaired) electrons. The van der Waals surface area contributed by atoms with Crippen LogP contribution < -0.4 is 4.90 Å². The van der Waals surface area contributed by atoms with Crippen LogP contribution in [0.2, 0.25) is 5.15 Å². The lowest BCUT2D eigenvalue weighted by Crippen LogP contribution is -2.49. The van der Waals surface area contributed by atoms with E-state index in [-0.39, 0.29) is 21.7 Å². The second kappa shape index (κ2) is 8.16. The molecule has 3 aromatic rings. The van der Waals surface area contributed by atoms with Crippen LogP contribution in [0.4, 0.5) is 11.4 Å². The Morgan fingerprint density at radius 2 is 1.67 bits per heavy atom. The van der Waals surface area contributed by atoms with Crippen molar-refractivity contribution in [2.75, 3.05) is 31.1 Å². The van der Waals surface area contributed by atoms with Crippen LogP contribution in [-0.4, -0.2) is 51.7 Å². The predicted octanol–water partition coefficient (Wildman–Crippen LogP) is 3.70. The summed E-state index contributed by atoms with van der Waals surface area (Å²) in [5.74, 6) is -0.179. The van der Waals surface area contributed by atoms with E-state index in [1.165, 1.54) is 6.07 Å². The SMILES string of the molecule is Cc1nn(-c2ccccc2)c(Cl)c1C(=O)N1CCN(c2ccccc2[N+](=O)[O-])CC1. The van der Waals surface area contributed by atoms with E-state index in [9.17, 15) is 14.9 Å². The molecule has 154 valence electrons. The molecule has 8 nitrogen and oxygen atoms in total. The Kier molecular flexibility index (Phi) is 5.41. The van der Waals surface area contributed by atoms with E-state index in [4.69, 9.17) is 11.6 Å². The molecule has 1 saturated heterocycles. The molecule has 0 saturated carbocycles. The topological polar surface area (TPSA) is 84.5 Å². The number of aryl methyl sites for hydroxylation is 1. The van der Waals surface area contributed by atoms with Crippen molar-refractivity contribution in [1.82, 2.24) is 14.7 Å². The maximum Gasteiger partial charge on any atom is 0.292 e. The summed E-state index contributed by atoms with van der Waals surface area (Å²) in [6, 6.07) is 16.1. The Bertz CT molecular complexity index is 1090. The lowest BCUT2D eigenvalue weighted by molar-refractivity contribution is -0.384. The minimum absolute atomic E-state index is 0.0697. The van der Waals surface area contributed by atoms with Crippen LogP contribution in [0.3, 0.4) is 0 Å². The lowest BCUT2D eigenvalue weighted by Gasteiger charge is -2.35. The first kappa shape index (κ1) is 19.9. The Balaban J connectivity index is 1.52. The number of halogens is 1. The first-order chi connectivity index (χ1) is 14.5. The van der Waals surface area contributed by atoms with E-state index < -0.39 is 0 Å². The number of amides is 1. The summed E-state index contributed by atoms with van der Waals surface area (Å²) in [5.41, 5.74) is 2.38. The number of hydrogen-bond acceptors (Lipinski definition) is 5. The summed E-state index contributed by atoms with van der Waals surface area (Å²) in [6.45, 7) is 3.65. The van der Waals surface area contributed by atoms with Crippen LogP contribution in [0, 0.1) is 17.0 Å². The van der Waals surface area contributed by atoms with Gasteiger partial charge < -0.3 is 9.80 Å². The van der Waals surface area contributed by atoms with Crippen molar-refractivity contribution in [2.45, 2.75) is 6.92 Å². The van der Waals surface area contributed by atoms with Gasteiger partial charge in [0, 0.05) is 32.2 Å². The van der Waals surface area contributed by atoms with Crippen LogP contribution in [0.5, 0.6) is 0 Å². The molecule has 4 rings (SSSR count). The third-order valence-corrected chi connectivity index (χ3v) is 5.55. The van der Waals surface area contributed by atoms with Gasteiger partial charge in [0.15, 0.2) is 0 Å². The Morgan fingerprint density at radius 3 is 2.33 bits per heavy atom. The van der Waals surface area contributed by atoms with E-state index in [1.54, 1.807) is 34.7 Å². The highest BCUT2D eigenvalue weighted by atomic mass is 35.5. The van der Waals surface area contributed by atoms with Crippen LogP contribution in [0.25, 0.3) is 5.69 Å². The second-order valence-electron chi connectivity index (χ2n) is 7.02. The molecule has 1 fully saturated rings. The van der Waals surface area contributed by atoms with Crippen molar-refractivity contribution in [3.05, 3.63) is 81.1 Å². The van der Waals surface area contributed by atoms with Crippen LogP contribution >= 0.6 is 11.6 Å². The summed E-state index contributed by atoms with van der Waals surface area (Å²) in [5, 5.41) is 16.0. The molecule has 1 aliphatic rings. The zero-order chi connectivity index (χ0) is 21.3. The fraction of sp³-hybridized carbons (Fsp3) is 0.238. The first-order valence-corrected chi connectivity index (χ1v) is 9.93. The van der Waals surface area contributed by atoms with Crippen LogP contribution in [-0.2, 0) is 0 Å². The number of benzene rings is 2. The molecular formula is C21H20ClN5O3. The highest BCUT2D eigenvalue weighted by molar-refractivity contribution is 6.33. The molecule has 0 N–H and O–H groups in total. The van der Waals surface area contributed by atoms with Gasteiger partial charge in [0.1, 0.15) is 10.8 Å². The summed E-state index contributed by atoms with van der Waals surface area (Å²) in [4.78, 5) is 27.7. The highest BCUT2D eigenvalue weighted by Gasteiger charge is 2.29. The zero-order valence-electron chi connectivity index (χ0n) is 16.4. The van der Waals surface area contributed by atoms with E-state index in [1.807, 2.05) is 35.2 Å². The normalized spacial score (nSPS) is 14.1. The third-order valence-electron chi connectivity index (χ3n) is 5.20. The molecule has 0 unspecified atom stereocenters. The van der Waals surface area contributed by atoms with Gasteiger partial charge >= 0.3 is 0 Å². The lowest BCUT2D eigenvalue weighted by atomic mass is 10.2. The highest BCUT2D eigenvalue weighted by Crippen LogP contribution is 2.29. The van der Waals surface area contributed by atoms with Gasteiger partial charge in [-0.15, -0.1) is 0 Å². The molecule has 2 heterocycles. The fourth-order valence-electron chi connectivity index (χ4n) is 3.68. The second-order valence-corrected chi connectivity index (χ2v) is 7.38. The quantitative estimate of drug-likeness (QED) is 0.470. The average Bonchev–Trinajstić information content (AvgIpc) is 3.08. The number of rotatable bonds is 4. The third kappa shape index (κ3) is 3.61. The number of para-hydroxylation sites is 3. The standard InChI is InChI=1S/C21H20ClN5O3/c1-15-19(20(22)26(23-15)16-7-3-2-4-8-16)21(28)25-13-11-24(12-14-25)17-9-5-6-10-18(17)27(29)30/h2-10H,11-14H2,1H3. The number of piperazine rings is 1. The van der Waals surface area contributed by atoms with Crippen molar-refractivity contribution in [2.24, 2.45) is 0 Å². The van der Waals surface area contributed by atoms with E-state index in [2.05, 4.69) is 5.10 Å². The van der Waals surface area contributed by atoms with Gasteiger partial charge in [-0.25, -0.2) is 4.68 Å². The van der Waals surface area contributed by atoms with Crippen molar-refractivity contribution in [3.8, 4) is 5.69 Å². The maximum absolute atomic E-state index is 13.2. The van der Waals surface area contributed by atoms with Gasteiger partial charge in [-0.3, -0.25) is 14.9 Å². The summed E-state index contributed by atoms with van der Waals surface area (Å²) >= 11 is 6.53. The predicted molar refractivity (Wildman–Crippen MR) is 115 cm³/mol. The molecule has 0 aliphatic carbocycles. The zero-order valence-corrected chi connectivity index (χ0v) is 17.1. The molecule has 1 aromatic heterocycles. The van der Waals surface area contributed by atoms with E-state index in [0.717, 1.165) is 5.69 Å². The number of hydrogen-bond donors (Lipinski definition) is 0. The molecule has 9 heteroatoms. The van der Waals surface area contributed by atoms with E-state index >= 15 is 0 Å². The monoisotopic (exact) mass is 425 g/mol. The van der Waals surface area contributed by atoms with Gasteiger partial charge in [-0.2, -0.15) is 5.10 Å². The average molecular weight is 426 g/mol. The molecule has 2 aromatic carbocycles. The minimum Gasteiger partial charge on any atom is -0.362 e. The van der Waals surface area contributed by atoms with Gasteiger partial charge in [0.05, 0.1) is 21.9 Å². The Labute approximate surface area is 178 Å². The minimum atomic E-state index is -0.381. The number of anilines is 1. The van der Waals surface area contributed by atoms with Crippen LogP contribution in [0.1, 0.15) is 16.1 Å².